The largest absolute Gasteiger partial charge is 0.453 e. The van der Waals surface area contributed by atoms with E-state index in [-0.39, 0.29) is 12.4 Å². The minimum atomic E-state index is 0. The highest BCUT2D eigenvalue weighted by Crippen LogP contribution is 2.31. The summed E-state index contributed by atoms with van der Waals surface area (Å²) in [5.74, 6) is 0.742. The molecule has 5 rings (SSSR count). The number of hydrogen-bond donors (Lipinski definition) is 1. The van der Waals surface area contributed by atoms with Crippen molar-refractivity contribution in [1.29, 1.82) is 0 Å². The molecule has 0 radical (unpaired) electrons. The molecule has 1 aliphatic carbocycles. The van der Waals surface area contributed by atoms with Crippen molar-refractivity contribution in [2.75, 3.05) is 11.9 Å². The number of halogens is 1. The van der Waals surface area contributed by atoms with Gasteiger partial charge >= 0.3 is 0 Å². The molecule has 4 nitrogen and oxygen atoms in total. The van der Waals surface area contributed by atoms with Gasteiger partial charge in [0.05, 0.1) is 11.0 Å². The van der Waals surface area contributed by atoms with Crippen molar-refractivity contribution in [3.63, 3.8) is 0 Å². The standard InChI is InChI=1S/C28H27N3O.ClH/c1-2-3-4-10-17-29-21-15-16-24-26(18-21)32-27-19-25(30-20-11-6-5-7-12-20)22-13-8-9-14-23(22)28(27)31-24;/h5-9,11-16,18-19,29H,2-4,10,17H2,1H3;1H. The Bertz CT molecular complexity index is 1400. The Morgan fingerprint density at radius 1 is 0.848 bits per heavy atom. The van der Waals surface area contributed by atoms with Crippen molar-refractivity contribution in [1.82, 2.24) is 4.98 Å². The van der Waals surface area contributed by atoms with Crippen LogP contribution >= 0.6 is 12.4 Å². The summed E-state index contributed by atoms with van der Waals surface area (Å²) >= 11 is 0. The van der Waals surface area contributed by atoms with Gasteiger partial charge in [0, 0.05) is 35.1 Å². The number of hydrogen-bond acceptors (Lipinski definition) is 4. The van der Waals surface area contributed by atoms with E-state index >= 15 is 0 Å². The highest BCUT2D eigenvalue weighted by atomic mass is 35.5. The Hall–Kier alpha value is -3.37. The first-order chi connectivity index (χ1) is 15.8. The zero-order valence-corrected chi connectivity index (χ0v) is 19.6. The van der Waals surface area contributed by atoms with E-state index in [2.05, 4.69) is 30.4 Å². The van der Waals surface area contributed by atoms with Crippen molar-refractivity contribution in [2.24, 2.45) is 4.99 Å². The zero-order chi connectivity index (χ0) is 21.8. The molecule has 0 saturated heterocycles. The van der Waals surface area contributed by atoms with Crippen molar-refractivity contribution in [2.45, 2.75) is 32.6 Å². The van der Waals surface area contributed by atoms with E-state index in [1.165, 1.54) is 25.7 Å². The molecule has 0 amide bonds. The molecular formula is C28H28ClN3O. The Balaban J connectivity index is 0.00000259. The predicted octanol–water partition coefficient (Wildman–Crippen LogP) is 7.73. The van der Waals surface area contributed by atoms with Gasteiger partial charge in [0.15, 0.2) is 11.3 Å². The summed E-state index contributed by atoms with van der Waals surface area (Å²) in [5.41, 5.74) is 4.47. The maximum atomic E-state index is 6.36. The van der Waals surface area contributed by atoms with Gasteiger partial charge in [-0.25, -0.2) is 9.98 Å². The lowest BCUT2D eigenvalue weighted by Crippen LogP contribution is -2.06. The molecule has 0 aromatic heterocycles. The highest BCUT2D eigenvalue weighted by molar-refractivity contribution is 5.96. The second-order valence-corrected chi connectivity index (χ2v) is 8.12. The van der Waals surface area contributed by atoms with Crippen LogP contribution in [0.3, 0.4) is 0 Å². The van der Waals surface area contributed by atoms with Crippen molar-refractivity contribution in [3.8, 4) is 11.5 Å². The molecule has 0 unspecified atom stereocenters. The van der Waals surface area contributed by atoms with Crippen LogP contribution < -0.4 is 10.7 Å². The first-order valence-corrected chi connectivity index (χ1v) is 11.4. The third kappa shape index (κ3) is 5.01. The Kier molecular flexibility index (Phi) is 7.26. The maximum absolute atomic E-state index is 6.36. The van der Waals surface area contributed by atoms with Crippen LogP contribution in [0.5, 0.6) is 0 Å². The predicted molar refractivity (Wildman–Crippen MR) is 140 cm³/mol. The summed E-state index contributed by atoms with van der Waals surface area (Å²) in [6, 6.07) is 26.4. The minimum Gasteiger partial charge on any atom is -0.453 e. The third-order valence-electron chi connectivity index (χ3n) is 5.74. The lowest BCUT2D eigenvalue weighted by atomic mass is 10.0. The first-order valence-electron chi connectivity index (χ1n) is 11.4. The second-order valence-electron chi connectivity index (χ2n) is 8.12. The number of fused-ring (bicyclic) bond motifs is 4. The first kappa shape index (κ1) is 22.8. The molecule has 0 atom stereocenters. The van der Waals surface area contributed by atoms with E-state index in [9.17, 15) is 0 Å². The van der Waals surface area contributed by atoms with Crippen LogP contribution in [0.25, 0.3) is 33.3 Å². The maximum Gasteiger partial charge on any atom is 0.155 e. The quantitative estimate of drug-likeness (QED) is 0.154. The number of para-hydroxylation sites is 1. The van der Waals surface area contributed by atoms with Gasteiger partial charge < -0.3 is 9.73 Å². The van der Waals surface area contributed by atoms with Gasteiger partial charge in [-0.2, -0.15) is 0 Å². The molecule has 1 aliphatic heterocycles. The summed E-state index contributed by atoms with van der Waals surface area (Å²) in [7, 11) is 0. The number of unbranched alkanes of at least 4 members (excludes halogenated alkanes) is 3. The fourth-order valence-corrected chi connectivity index (χ4v) is 4.06. The molecule has 1 heterocycles. The van der Waals surface area contributed by atoms with Gasteiger partial charge in [0.25, 0.3) is 0 Å². The van der Waals surface area contributed by atoms with Gasteiger partial charge in [-0.1, -0.05) is 68.7 Å². The Morgan fingerprint density at radius 2 is 1.64 bits per heavy atom. The zero-order valence-electron chi connectivity index (χ0n) is 18.8. The molecule has 0 fully saturated rings. The van der Waals surface area contributed by atoms with Crippen LogP contribution in [0.1, 0.15) is 32.6 Å². The fourth-order valence-electron chi connectivity index (χ4n) is 4.06. The van der Waals surface area contributed by atoms with E-state index in [1.54, 1.807) is 0 Å². The average molecular weight is 458 g/mol. The van der Waals surface area contributed by atoms with Crippen LogP contribution in [0, 0.1) is 0 Å². The fraction of sp³-hybridized carbons (Fsp3) is 0.214. The summed E-state index contributed by atoms with van der Waals surface area (Å²) < 4.78 is 6.36. The molecule has 33 heavy (non-hydrogen) atoms. The van der Waals surface area contributed by atoms with Gasteiger partial charge in [0.2, 0.25) is 0 Å². The lowest BCUT2D eigenvalue weighted by Gasteiger charge is -2.12. The van der Waals surface area contributed by atoms with Crippen LogP contribution in [0.2, 0.25) is 0 Å². The van der Waals surface area contributed by atoms with Crippen molar-refractivity contribution < 1.29 is 4.42 Å². The minimum absolute atomic E-state index is 0. The summed E-state index contributed by atoms with van der Waals surface area (Å²) in [6.07, 6.45) is 4.97. The number of nitrogens with zero attached hydrogens (tertiary/aromatic N) is 2. The van der Waals surface area contributed by atoms with E-state index in [0.29, 0.717) is 0 Å². The molecule has 2 aliphatic rings. The van der Waals surface area contributed by atoms with Gasteiger partial charge in [-0.3, -0.25) is 0 Å². The number of nitrogens with one attached hydrogen (secondary N) is 1. The molecule has 3 aromatic rings. The Labute approximate surface area is 200 Å². The normalized spacial score (nSPS) is 11.7. The second kappa shape index (κ2) is 10.5. The molecule has 1 N–H and O–H groups in total. The van der Waals surface area contributed by atoms with Crippen LogP contribution in [0.15, 0.2) is 88.3 Å². The van der Waals surface area contributed by atoms with Crippen molar-refractivity contribution >= 4 is 45.7 Å². The number of rotatable bonds is 7. The molecule has 0 spiro atoms. The average Bonchev–Trinajstić information content (AvgIpc) is 2.83. The SMILES string of the molecule is CCCCCCNc1ccc2nc3c4ccccc4c(=Nc4ccccc4)cc-3oc2c1.Cl. The van der Waals surface area contributed by atoms with Gasteiger partial charge in [0.1, 0.15) is 11.2 Å². The smallest absolute Gasteiger partial charge is 0.155 e. The molecular weight excluding hydrogens is 430 g/mol. The number of aromatic nitrogens is 1. The highest BCUT2D eigenvalue weighted by Gasteiger charge is 2.15. The summed E-state index contributed by atoms with van der Waals surface area (Å²) in [6.45, 7) is 3.20. The van der Waals surface area contributed by atoms with E-state index in [4.69, 9.17) is 14.4 Å². The third-order valence-corrected chi connectivity index (χ3v) is 5.74. The monoisotopic (exact) mass is 457 g/mol. The van der Waals surface area contributed by atoms with Gasteiger partial charge in [-0.05, 0) is 30.7 Å². The topological polar surface area (TPSA) is 50.4 Å². The molecule has 0 saturated carbocycles. The molecule has 5 heteroatoms. The summed E-state index contributed by atoms with van der Waals surface area (Å²) in [5, 5.41) is 6.51. The van der Waals surface area contributed by atoms with Crippen LogP contribution in [-0.2, 0) is 0 Å². The lowest BCUT2D eigenvalue weighted by molar-refractivity contribution is 0.613. The Morgan fingerprint density at radius 3 is 2.45 bits per heavy atom. The summed E-state index contributed by atoms with van der Waals surface area (Å²) in [4.78, 5) is 9.83. The van der Waals surface area contributed by atoms with Gasteiger partial charge in [-0.15, -0.1) is 12.4 Å². The molecule has 0 bridgehead atoms. The van der Waals surface area contributed by atoms with E-state index in [1.807, 2.05) is 60.7 Å². The van der Waals surface area contributed by atoms with Crippen LogP contribution in [-0.4, -0.2) is 11.5 Å². The number of anilines is 1. The molecule has 3 aromatic carbocycles. The van der Waals surface area contributed by atoms with E-state index < -0.39 is 0 Å². The number of benzene rings is 4. The van der Waals surface area contributed by atoms with Crippen LogP contribution in [0.4, 0.5) is 11.4 Å². The van der Waals surface area contributed by atoms with Crippen molar-refractivity contribution in [3.05, 3.63) is 84.2 Å². The molecule has 168 valence electrons. The van der Waals surface area contributed by atoms with E-state index in [0.717, 1.165) is 56.6 Å².